The molecule has 7 heteroatoms. The summed E-state index contributed by atoms with van der Waals surface area (Å²) in [6, 6.07) is 13.8. The molecule has 1 heterocycles. The Bertz CT molecular complexity index is 1130. The number of anilines is 1. The largest absolute Gasteiger partial charge is 0.457 e. The van der Waals surface area contributed by atoms with E-state index in [4.69, 9.17) is 21.6 Å². The minimum atomic E-state index is -0.517. The Morgan fingerprint density at radius 1 is 1.17 bits per heavy atom. The van der Waals surface area contributed by atoms with Gasteiger partial charge in [0, 0.05) is 16.6 Å². The van der Waals surface area contributed by atoms with Crippen LogP contribution in [0.5, 0.6) is 0 Å². The Labute approximate surface area is 173 Å². The van der Waals surface area contributed by atoms with Crippen molar-refractivity contribution in [2.45, 2.75) is 26.9 Å². The van der Waals surface area contributed by atoms with Crippen molar-refractivity contribution in [3.63, 3.8) is 0 Å². The molecule has 0 aliphatic rings. The summed E-state index contributed by atoms with van der Waals surface area (Å²) in [4.78, 5) is 28.2. The summed E-state index contributed by atoms with van der Waals surface area (Å²) in [5, 5.41) is 12.3. The first-order valence-corrected chi connectivity index (χ1v) is 9.26. The number of esters is 1. The van der Waals surface area contributed by atoms with Gasteiger partial charge in [-0.1, -0.05) is 23.7 Å². The number of amides is 1. The summed E-state index contributed by atoms with van der Waals surface area (Å²) < 4.78 is 5.36. The highest BCUT2D eigenvalue weighted by atomic mass is 35.5. The molecule has 0 saturated carbocycles. The van der Waals surface area contributed by atoms with E-state index in [-0.39, 0.29) is 13.0 Å². The minimum Gasteiger partial charge on any atom is -0.457 e. The number of aromatic nitrogens is 1. The molecule has 29 heavy (non-hydrogen) atoms. The van der Waals surface area contributed by atoms with E-state index >= 15 is 0 Å². The van der Waals surface area contributed by atoms with Crippen LogP contribution in [0.15, 0.2) is 42.5 Å². The fourth-order valence-corrected chi connectivity index (χ4v) is 2.99. The highest BCUT2D eigenvalue weighted by molar-refractivity contribution is 6.30. The van der Waals surface area contributed by atoms with Crippen molar-refractivity contribution >= 4 is 40.1 Å². The molecule has 0 bridgehead atoms. The van der Waals surface area contributed by atoms with Gasteiger partial charge in [0.1, 0.15) is 18.2 Å². The van der Waals surface area contributed by atoms with Crippen molar-refractivity contribution in [3.05, 3.63) is 69.9 Å². The number of fused-ring (bicyclic) bond motifs is 1. The van der Waals surface area contributed by atoms with Crippen LogP contribution in [-0.2, 0) is 16.1 Å². The van der Waals surface area contributed by atoms with Crippen LogP contribution in [0, 0.1) is 25.2 Å². The van der Waals surface area contributed by atoms with E-state index in [1.807, 2.05) is 32.0 Å². The number of benzene rings is 2. The van der Waals surface area contributed by atoms with Gasteiger partial charge >= 0.3 is 5.97 Å². The lowest BCUT2D eigenvalue weighted by molar-refractivity contribution is -0.115. The number of carbonyl (C=O) groups is 2. The fourth-order valence-electron chi connectivity index (χ4n) is 2.80. The monoisotopic (exact) mass is 407 g/mol. The molecule has 1 N–H and O–H groups in total. The molecule has 0 aliphatic carbocycles. The first kappa shape index (κ1) is 20.3. The maximum absolute atomic E-state index is 12.3. The number of hydrogen-bond donors (Lipinski definition) is 1. The van der Waals surface area contributed by atoms with Gasteiger partial charge in [0.25, 0.3) is 0 Å². The molecule has 6 nitrogen and oxygen atoms in total. The number of hydrogen-bond acceptors (Lipinski definition) is 5. The minimum absolute atomic E-state index is 0.00577. The van der Waals surface area contributed by atoms with Crippen molar-refractivity contribution < 1.29 is 14.3 Å². The molecule has 0 saturated heterocycles. The Balaban J connectivity index is 1.69. The van der Waals surface area contributed by atoms with Crippen LogP contribution in [0.1, 0.15) is 33.5 Å². The van der Waals surface area contributed by atoms with Gasteiger partial charge in [0.15, 0.2) is 0 Å². The highest BCUT2D eigenvalue weighted by Crippen LogP contribution is 2.25. The number of aryl methyl sites for hydroxylation is 2. The Hall–Kier alpha value is -3.43. The lowest BCUT2D eigenvalue weighted by Gasteiger charge is -2.10. The third kappa shape index (κ3) is 4.71. The second-order valence-electron chi connectivity index (χ2n) is 6.55. The van der Waals surface area contributed by atoms with Gasteiger partial charge in [0.05, 0.1) is 17.1 Å². The molecule has 0 unspecified atom stereocenters. The Morgan fingerprint density at radius 3 is 2.59 bits per heavy atom. The quantitative estimate of drug-likeness (QED) is 0.488. The lowest BCUT2D eigenvalue weighted by Crippen LogP contribution is -2.10. The molecule has 0 radical (unpaired) electrons. The summed E-state index contributed by atoms with van der Waals surface area (Å²) in [5.74, 6) is -0.928. The molecule has 0 atom stereocenters. The van der Waals surface area contributed by atoms with Crippen LogP contribution in [0.3, 0.4) is 0 Å². The van der Waals surface area contributed by atoms with Crippen molar-refractivity contribution in [3.8, 4) is 6.07 Å². The maximum atomic E-state index is 12.3. The average Bonchev–Trinajstić information content (AvgIpc) is 2.70. The van der Waals surface area contributed by atoms with Gasteiger partial charge in [-0.05, 0) is 55.3 Å². The summed E-state index contributed by atoms with van der Waals surface area (Å²) in [6.45, 7) is 4.00. The number of rotatable bonds is 5. The smallest absolute Gasteiger partial charge is 0.338 e. The van der Waals surface area contributed by atoms with Crippen molar-refractivity contribution in [2.75, 3.05) is 5.32 Å². The van der Waals surface area contributed by atoms with Gasteiger partial charge in [0.2, 0.25) is 5.91 Å². The van der Waals surface area contributed by atoms with E-state index in [1.54, 1.807) is 18.2 Å². The van der Waals surface area contributed by atoms with Crippen LogP contribution in [0.25, 0.3) is 10.9 Å². The average molecular weight is 408 g/mol. The summed E-state index contributed by atoms with van der Waals surface area (Å²) >= 11 is 6.29. The number of pyridine rings is 1. The first-order chi connectivity index (χ1) is 13.9. The second kappa shape index (κ2) is 8.72. The van der Waals surface area contributed by atoms with Crippen LogP contribution >= 0.6 is 11.6 Å². The van der Waals surface area contributed by atoms with E-state index in [0.717, 1.165) is 22.0 Å². The number of carbonyl (C=O) groups excluding carboxylic acids is 2. The van der Waals surface area contributed by atoms with Gasteiger partial charge in [-0.15, -0.1) is 0 Å². The molecule has 0 spiro atoms. The van der Waals surface area contributed by atoms with E-state index in [9.17, 15) is 9.59 Å². The Morgan fingerprint density at radius 2 is 1.90 bits per heavy atom. The van der Waals surface area contributed by atoms with E-state index in [2.05, 4.69) is 10.3 Å². The third-order valence-electron chi connectivity index (χ3n) is 4.54. The van der Waals surface area contributed by atoms with E-state index < -0.39 is 11.9 Å². The molecule has 0 aliphatic heterocycles. The molecule has 0 fully saturated rings. The number of nitrogens with one attached hydrogen (secondary N) is 1. The lowest BCUT2D eigenvalue weighted by atomic mass is 10.0. The predicted octanol–water partition coefficient (Wildman–Crippen LogP) is 4.71. The molecule has 2 aromatic carbocycles. The van der Waals surface area contributed by atoms with Gasteiger partial charge < -0.3 is 10.1 Å². The molecular formula is C22H18ClN3O3. The molecular weight excluding hydrogens is 390 g/mol. The van der Waals surface area contributed by atoms with Gasteiger partial charge in [-0.25, -0.2) is 9.78 Å². The van der Waals surface area contributed by atoms with Crippen LogP contribution in [0.2, 0.25) is 5.15 Å². The molecule has 1 amide bonds. The predicted molar refractivity (Wildman–Crippen MR) is 111 cm³/mol. The number of nitrogens with zero attached hydrogens (tertiary/aromatic N) is 2. The molecule has 3 aromatic rings. The Kier molecular flexibility index (Phi) is 6.10. The summed E-state index contributed by atoms with van der Waals surface area (Å²) in [6.07, 6.45) is -0.233. The van der Waals surface area contributed by atoms with Crippen molar-refractivity contribution in [2.24, 2.45) is 0 Å². The summed E-state index contributed by atoms with van der Waals surface area (Å²) in [7, 11) is 0. The van der Waals surface area contributed by atoms with E-state index in [0.29, 0.717) is 22.0 Å². The normalized spacial score (nSPS) is 10.4. The number of ether oxygens (including phenoxy) is 1. The zero-order chi connectivity index (χ0) is 21.0. The standard InChI is InChI=1S/C22H18ClN3O3/c1-13-3-4-16-11-17(21(23)26-20(16)14(13)2)12-29-22(28)15-5-7-18(8-6-15)25-19(27)9-10-24/h3-8,11H,9,12H2,1-2H3,(H,25,27). The number of halogens is 1. The maximum Gasteiger partial charge on any atom is 0.338 e. The van der Waals surface area contributed by atoms with Crippen molar-refractivity contribution in [1.29, 1.82) is 5.26 Å². The third-order valence-corrected chi connectivity index (χ3v) is 4.87. The van der Waals surface area contributed by atoms with E-state index in [1.165, 1.54) is 12.1 Å². The second-order valence-corrected chi connectivity index (χ2v) is 6.91. The zero-order valence-corrected chi connectivity index (χ0v) is 16.7. The zero-order valence-electron chi connectivity index (χ0n) is 16.0. The number of nitriles is 1. The van der Waals surface area contributed by atoms with Crippen LogP contribution < -0.4 is 5.32 Å². The van der Waals surface area contributed by atoms with Crippen LogP contribution in [-0.4, -0.2) is 16.9 Å². The molecule has 146 valence electrons. The van der Waals surface area contributed by atoms with Gasteiger partial charge in [-0.3, -0.25) is 4.79 Å². The SMILES string of the molecule is Cc1ccc2cc(COC(=O)c3ccc(NC(=O)CC#N)cc3)c(Cl)nc2c1C. The van der Waals surface area contributed by atoms with Gasteiger partial charge in [-0.2, -0.15) is 5.26 Å². The first-order valence-electron chi connectivity index (χ1n) is 8.88. The molecule has 1 aromatic heterocycles. The van der Waals surface area contributed by atoms with Crippen LogP contribution in [0.4, 0.5) is 5.69 Å². The van der Waals surface area contributed by atoms with Crippen molar-refractivity contribution in [1.82, 2.24) is 4.98 Å². The topological polar surface area (TPSA) is 92.1 Å². The molecule has 3 rings (SSSR count). The summed E-state index contributed by atoms with van der Waals surface area (Å²) in [5.41, 5.74) is 4.48. The fraction of sp³-hybridized carbons (Fsp3) is 0.182. The highest BCUT2D eigenvalue weighted by Gasteiger charge is 2.12.